The third-order valence-electron chi connectivity index (χ3n) is 9.42. The smallest absolute Gasteiger partial charge is 0.216 e. The molecule has 0 fully saturated rings. The van der Waals surface area contributed by atoms with E-state index in [1.807, 2.05) is 36.7 Å². The molecule has 0 spiro atoms. The topological polar surface area (TPSA) is 51.8 Å². The molecule has 1 radical (unpaired) electrons. The van der Waals surface area contributed by atoms with E-state index in [9.17, 15) is 0 Å². The molecule has 0 saturated carbocycles. The van der Waals surface area contributed by atoms with Gasteiger partial charge in [-0.3, -0.25) is 0 Å². The second-order valence-corrected chi connectivity index (χ2v) is 15.3. The van der Waals surface area contributed by atoms with Gasteiger partial charge >= 0.3 is 0 Å². The van der Waals surface area contributed by atoms with Crippen LogP contribution in [0.2, 0.25) is 0 Å². The van der Waals surface area contributed by atoms with Crippen LogP contribution >= 0.6 is 0 Å². The molecule has 0 aliphatic heterocycles. The van der Waals surface area contributed by atoms with E-state index in [0.717, 1.165) is 57.4 Å². The van der Waals surface area contributed by atoms with Crippen LogP contribution in [0.15, 0.2) is 126 Å². The minimum atomic E-state index is 0. The van der Waals surface area contributed by atoms with Crippen LogP contribution in [0.3, 0.4) is 0 Å². The molecule has 54 heavy (non-hydrogen) atoms. The van der Waals surface area contributed by atoms with Gasteiger partial charge in [-0.25, -0.2) is 4.98 Å². The predicted molar refractivity (Wildman–Crippen MR) is 219 cm³/mol. The average Bonchev–Trinajstić information content (AvgIpc) is 3.51. The first-order chi connectivity index (χ1) is 25.5. The Bertz CT molecular complexity index is 2530. The molecule has 5 heteroatoms. The number of rotatable bonds is 6. The Labute approximate surface area is 333 Å². The Kier molecular flexibility index (Phi) is 11.7. The molecule has 0 N–H and O–H groups in total. The van der Waals surface area contributed by atoms with Crippen LogP contribution in [0.4, 0.5) is 0 Å². The third kappa shape index (κ3) is 8.93. The largest absolute Gasteiger partial charge is 0.486 e. The molecular weight excluding hydrogens is 839 g/mol. The number of hydrogen-bond acceptors (Lipinski definition) is 4. The van der Waals surface area contributed by atoms with Crippen molar-refractivity contribution in [1.82, 2.24) is 15.0 Å². The molecule has 0 amide bonds. The van der Waals surface area contributed by atoms with E-state index in [-0.39, 0.29) is 25.5 Å². The number of benzene rings is 4. The van der Waals surface area contributed by atoms with Gasteiger partial charge in [-0.15, -0.1) is 53.6 Å². The monoisotopic (exact) mass is 884 g/mol. The van der Waals surface area contributed by atoms with Crippen molar-refractivity contribution in [3.63, 3.8) is 0 Å². The van der Waals surface area contributed by atoms with Gasteiger partial charge in [0.2, 0.25) is 5.71 Å². The molecule has 273 valence electrons. The van der Waals surface area contributed by atoms with Crippen LogP contribution in [0.25, 0.3) is 55.7 Å². The molecule has 8 aromatic rings. The fourth-order valence-corrected chi connectivity index (χ4v) is 6.83. The van der Waals surface area contributed by atoms with E-state index in [0.29, 0.717) is 5.71 Å². The van der Waals surface area contributed by atoms with Crippen molar-refractivity contribution >= 4 is 22.1 Å². The maximum Gasteiger partial charge on any atom is 0.216 e. The molecule has 0 bridgehead atoms. The van der Waals surface area contributed by atoms with Crippen molar-refractivity contribution in [3.8, 4) is 33.6 Å². The summed E-state index contributed by atoms with van der Waals surface area (Å²) in [5, 5.41) is 2.07. The summed E-state index contributed by atoms with van der Waals surface area (Å²) in [6.07, 6.45) is 5.60. The molecular formula is C49H45IrN3O-2. The van der Waals surface area contributed by atoms with E-state index < -0.39 is 0 Å². The molecule has 0 atom stereocenters. The summed E-state index contributed by atoms with van der Waals surface area (Å²) >= 11 is 0. The Morgan fingerprint density at radius 1 is 0.667 bits per heavy atom. The fraction of sp³-hybridized carbons (Fsp3) is 0.204. The zero-order valence-corrected chi connectivity index (χ0v) is 34.4. The number of pyridine rings is 3. The average molecular weight is 884 g/mol. The first-order valence-electron chi connectivity index (χ1n) is 18.3. The van der Waals surface area contributed by atoms with Crippen LogP contribution in [0.5, 0.6) is 0 Å². The van der Waals surface area contributed by atoms with E-state index in [4.69, 9.17) is 9.40 Å². The number of aromatic nitrogens is 3. The second-order valence-electron chi connectivity index (χ2n) is 15.3. The predicted octanol–water partition coefficient (Wildman–Crippen LogP) is 12.5. The Morgan fingerprint density at radius 2 is 1.46 bits per heavy atom. The van der Waals surface area contributed by atoms with Gasteiger partial charge in [0.1, 0.15) is 0 Å². The third-order valence-corrected chi connectivity index (χ3v) is 9.42. The quantitative estimate of drug-likeness (QED) is 0.156. The molecule has 4 aromatic heterocycles. The number of furan rings is 1. The normalized spacial score (nSPS) is 11.2. The summed E-state index contributed by atoms with van der Waals surface area (Å²) in [5.74, 6) is 0. The summed E-state index contributed by atoms with van der Waals surface area (Å²) in [4.78, 5) is 14.0. The van der Waals surface area contributed by atoms with Crippen LogP contribution in [-0.4, -0.2) is 15.0 Å². The Morgan fingerprint density at radius 3 is 2.20 bits per heavy atom. The van der Waals surface area contributed by atoms with Gasteiger partial charge in [0.25, 0.3) is 0 Å². The van der Waals surface area contributed by atoms with Gasteiger partial charge in [-0.05, 0) is 90.0 Å². The summed E-state index contributed by atoms with van der Waals surface area (Å²) in [6.45, 7) is 15.2. The number of aryl methyl sites for hydroxylation is 4. The second kappa shape index (κ2) is 16.4. The summed E-state index contributed by atoms with van der Waals surface area (Å²) in [7, 11) is 0. The van der Waals surface area contributed by atoms with Crippen molar-refractivity contribution < 1.29 is 24.5 Å². The minimum Gasteiger partial charge on any atom is -0.486 e. The summed E-state index contributed by atoms with van der Waals surface area (Å²) < 4.78 is 6.27. The van der Waals surface area contributed by atoms with Gasteiger partial charge in [0, 0.05) is 50.0 Å². The van der Waals surface area contributed by atoms with Gasteiger partial charge < -0.3 is 14.4 Å². The van der Waals surface area contributed by atoms with E-state index in [2.05, 4.69) is 155 Å². The van der Waals surface area contributed by atoms with E-state index in [1.165, 1.54) is 44.5 Å². The van der Waals surface area contributed by atoms with Crippen molar-refractivity contribution in [3.05, 3.63) is 173 Å². The molecule has 4 nitrogen and oxygen atoms in total. The van der Waals surface area contributed by atoms with Gasteiger partial charge in [-0.1, -0.05) is 110 Å². The molecule has 8 rings (SSSR count). The van der Waals surface area contributed by atoms with Gasteiger partial charge in [0.05, 0.1) is 5.58 Å². The molecule has 0 saturated heterocycles. The molecule has 0 unspecified atom stereocenters. The van der Waals surface area contributed by atoms with Crippen molar-refractivity contribution in [1.29, 1.82) is 0 Å². The summed E-state index contributed by atoms with van der Waals surface area (Å²) in [5.41, 5.74) is 16.5. The standard InChI is InChI=1S/C28H25N2O.C21H20N.Ir/c1-28(2,3)18-20-14-15-29-25(17-20)24-11-7-10-22-23-13-12-21(30-27(23)31-26(22)24)16-19-8-5-4-6-9-19;1-14-5-8-18(9-6-14)21-12-20(17(4)13-22-21)19-10-7-15(2)11-16(19)3;/h4-10,12-15,17H,16,18H2,1-3H3;5-8,10-13H,1-4H3;/q2*-1;. The van der Waals surface area contributed by atoms with Crippen LogP contribution in [0, 0.1) is 45.2 Å². The fourth-order valence-electron chi connectivity index (χ4n) is 6.83. The zero-order chi connectivity index (χ0) is 37.1. The van der Waals surface area contributed by atoms with Crippen LogP contribution in [0.1, 0.15) is 59.8 Å². The van der Waals surface area contributed by atoms with Gasteiger partial charge in [-0.2, -0.15) is 0 Å². The zero-order valence-electron chi connectivity index (χ0n) is 32.0. The van der Waals surface area contributed by atoms with Crippen molar-refractivity contribution in [2.45, 2.75) is 61.3 Å². The van der Waals surface area contributed by atoms with Crippen molar-refractivity contribution in [2.24, 2.45) is 5.41 Å². The van der Waals surface area contributed by atoms with Gasteiger partial charge in [0.15, 0.2) is 0 Å². The number of nitrogens with zero attached hydrogens (tertiary/aromatic N) is 3. The SMILES string of the molecule is CC(C)(C)Cc1ccnc(-c2[c-]ccc3c2oc2nc(Cc4ccccc4)ccc23)c1.Cc1c[c-]c(-c2cc(-c3ccc(C)cc3C)c(C)cn2)cc1.[Ir]. The molecule has 4 aromatic carbocycles. The van der Waals surface area contributed by atoms with Crippen molar-refractivity contribution in [2.75, 3.05) is 0 Å². The maximum absolute atomic E-state index is 6.27. The summed E-state index contributed by atoms with van der Waals surface area (Å²) in [6, 6.07) is 44.4. The number of fused-ring (bicyclic) bond motifs is 3. The first kappa shape index (κ1) is 38.5. The van der Waals surface area contributed by atoms with Crippen LogP contribution < -0.4 is 0 Å². The maximum atomic E-state index is 6.27. The van der Waals surface area contributed by atoms with E-state index >= 15 is 0 Å². The molecule has 0 aliphatic carbocycles. The molecule has 4 heterocycles. The van der Waals surface area contributed by atoms with E-state index in [1.54, 1.807) is 0 Å². The molecule has 0 aliphatic rings. The first-order valence-corrected chi connectivity index (χ1v) is 18.3. The number of hydrogen-bond donors (Lipinski definition) is 0. The Balaban J connectivity index is 0.000000191. The Hall–Kier alpha value is -5.22. The minimum absolute atomic E-state index is 0. The van der Waals surface area contributed by atoms with Crippen LogP contribution in [-0.2, 0) is 32.9 Å².